The van der Waals surface area contributed by atoms with Crippen LogP contribution in [0.5, 0.6) is 11.5 Å². The van der Waals surface area contributed by atoms with Crippen molar-refractivity contribution in [1.29, 1.82) is 0 Å². The third kappa shape index (κ3) is 21.5. The van der Waals surface area contributed by atoms with Crippen molar-refractivity contribution in [3.63, 3.8) is 0 Å². The van der Waals surface area contributed by atoms with Crippen LogP contribution in [0.3, 0.4) is 0 Å². The summed E-state index contributed by atoms with van der Waals surface area (Å²) in [5.41, 5.74) is 1.27. The number of likely N-dealkylation sites (N-methyl/N-ethyl adjacent to an activating group) is 2. The summed E-state index contributed by atoms with van der Waals surface area (Å²) in [5.74, 6) is -6.89. The monoisotopic (exact) mass is 1090 g/mol. The van der Waals surface area contributed by atoms with Crippen LogP contribution in [0.2, 0.25) is 0 Å². The lowest BCUT2D eigenvalue weighted by atomic mass is 9.97. The number of hydrogen-bond acceptors (Lipinski definition) is 14. The fraction of sp³-hybridized carbons (Fsp3) is 0.579. The molecule has 10 N–H and O–H groups in total. The van der Waals surface area contributed by atoms with Gasteiger partial charge in [-0.15, -0.1) is 0 Å². The zero-order valence-electron chi connectivity index (χ0n) is 46.6. The maximum atomic E-state index is 13.9. The predicted octanol–water partition coefficient (Wildman–Crippen LogP) is 2.45. The average Bonchev–Trinajstić information content (AvgIpc) is 3.39. The van der Waals surface area contributed by atoms with Crippen LogP contribution in [0.4, 0.5) is 0 Å². The Morgan fingerprint density at radius 2 is 1.24 bits per heavy atom. The lowest BCUT2D eigenvalue weighted by Gasteiger charge is -2.36. The number of esters is 1. The number of phenolic OH excluding ortho intramolecular Hbond substituents is 2. The summed E-state index contributed by atoms with van der Waals surface area (Å²) in [6, 6.07) is 4.12. The van der Waals surface area contributed by atoms with Gasteiger partial charge in [-0.05, 0) is 72.4 Å². The van der Waals surface area contributed by atoms with Gasteiger partial charge in [-0.3, -0.25) is 33.6 Å². The minimum atomic E-state index is -1.70. The van der Waals surface area contributed by atoms with Crippen LogP contribution < -0.4 is 26.6 Å². The Morgan fingerprint density at radius 3 is 1.78 bits per heavy atom. The Bertz CT molecular complexity index is 2340. The maximum absolute atomic E-state index is 13.9. The molecular weight excluding hydrogens is 1010 g/mol. The molecule has 7 amide bonds. The van der Waals surface area contributed by atoms with Crippen molar-refractivity contribution < 1.29 is 68.6 Å². The minimum Gasteiger partial charge on any atom is -0.508 e. The molecule has 21 heteroatoms. The number of unbranched alkanes of at least 4 members (excludes halogenated alkanes) is 4. The van der Waals surface area contributed by atoms with Crippen LogP contribution in [0.25, 0.3) is 0 Å². The van der Waals surface area contributed by atoms with E-state index >= 15 is 0 Å². The van der Waals surface area contributed by atoms with E-state index in [-0.39, 0.29) is 42.6 Å². The zero-order valence-corrected chi connectivity index (χ0v) is 46.6. The molecule has 21 nitrogen and oxygen atoms in total. The van der Waals surface area contributed by atoms with Crippen molar-refractivity contribution in [3.8, 4) is 11.5 Å². The molecule has 0 saturated heterocycles. The number of phenols is 2. The van der Waals surface area contributed by atoms with Gasteiger partial charge < -0.3 is 66.7 Å². The van der Waals surface area contributed by atoms with Gasteiger partial charge in [0, 0.05) is 33.0 Å². The van der Waals surface area contributed by atoms with Crippen LogP contribution in [0.1, 0.15) is 111 Å². The molecule has 9 atom stereocenters. The van der Waals surface area contributed by atoms with E-state index in [0.717, 1.165) is 38.2 Å². The number of nitrogens with zero attached hydrogens (tertiary/aromatic N) is 2. The smallest absolute Gasteiger partial charge is 0.329 e. The van der Waals surface area contributed by atoms with E-state index in [1.54, 1.807) is 71.9 Å². The Balaban J connectivity index is 1.70. The number of aromatic hydroxyl groups is 2. The normalized spacial score (nSPS) is 18.8. The zero-order chi connectivity index (χ0) is 58.2. The summed E-state index contributed by atoms with van der Waals surface area (Å²) in [4.78, 5) is 111. The van der Waals surface area contributed by atoms with Gasteiger partial charge in [0.1, 0.15) is 42.3 Å². The Kier molecular flexibility index (Phi) is 27.5. The number of hydrogen-bond donors (Lipinski definition) is 10. The van der Waals surface area contributed by atoms with Crippen molar-refractivity contribution in [1.82, 2.24) is 36.4 Å². The number of allylic oxidation sites excluding steroid dienone is 1. The summed E-state index contributed by atoms with van der Waals surface area (Å²) in [6.07, 6.45) is 7.14. The summed E-state index contributed by atoms with van der Waals surface area (Å²) >= 11 is 0. The predicted molar refractivity (Wildman–Crippen MR) is 292 cm³/mol. The van der Waals surface area contributed by atoms with Crippen molar-refractivity contribution in [2.24, 2.45) is 17.8 Å². The third-order valence-corrected chi connectivity index (χ3v) is 13.5. The summed E-state index contributed by atoms with van der Waals surface area (Å²) < 4.78 is 5.69. The van der Waals surface area contributed by atoms with Crippen LogP contribution in [-0.2, 0) is 55.9 Å². The lowest BCUT2D eigenvalue weighted by molar-refractivity contribution is -0.157. The molecule has 0 fully saturated rings. The van der Waals surface area contributed by atoms with E-state index in [1.807, 2.05) is 6.08 Å². The number of carbonyl (C=O) groups excluding carboxylic acids is 8. The van der Waals surface area contributed by atoms with Gasteiger partial charge >= 0.3 is 5.97 Å². The number of cyclic esters (lactones) is 1. The first-order valence-electron chi connectivity index (χ1n) is 26.9. The highest BCUT2D eigenvalue weighted by Gasteiger charge is 2.38. The van der Waals surface area contributed by atoms with Crippen LogP contribution in [0.15, 0.2) is 72.8 Å². The van der Waals surface area contributed by atoms with Gasteiger partial charge in [0.2, 0.25) is 41.4 Å². The molecule has 0 radical (unpaired) electrons. The molecule has 2 aromatic rings. The van der Waals surface area contributed by atoms with Gasteiger partial charge in [-0.2, -0.15) is 0 Å². The summed E-state index contributed by atoms with van der Waals surface area (Å²) in [5, 5.41) is 65.6. The van der Waals surface area contributed by atoms with E-state index in [9.17, 15) is 63.9 Å². The largest absolute Gasteiger partial charge is 0.508 e. The minimum absolute atomic E-state index is 0.000734. The molecule has 2 aromatic carbocycles. The summed E-state index contributed by atoms with van der Waals surface area (Å²) in [6.45, 7) is 10.9. The molecule has 3 rings (SSSR count). The standard InChI is InChI=1S/C57H85N7O14/c1-10-11-12-13-14-15-16-17-47(70)59-42(28-37-18-23-40(66)24-19-37)45(68)30-48(71)62-52(35(4)5)55(75)60-43(32-65)46(69)31-49(72)61-51(34(2)3)54(74)58-39-22-27-50(73)64(9)53(36(6)7)56(76)63(8)44(57(77)78-33-39)29-38-20-25-41(67)26-21-38/h15-16,18-27,34-36,39,42-46,51-53,65-69H,10-14,17,28-33H2,1-9H3,(H,58,74)(H,59,70)(H,60,75)(H,61,72)(H,62,71). The highest BCUT2D eigenvalue weighted by Crippen LogP contribution is 2.21. The first-order valence-corrected chi connectivity index (χ1v) is 26.9. The van der Waals surface area contributed by atoms with Gasteiger partial charge in [0.15, 0.2) is 0 Å². The van der Waals surface area contributed by atoms with E-state index < -0.39 is 134 Å². The summed E-state index contributed by atoms with van der Waals surface area (Å²) in [7, 11) is 2.89. The molecule has 0 aliphatic carbocycles. The van der Waals surface area contributed by atoms with Gasteiger partial charge in [0.25, 0.3) is 0 Å². The Labute approximate surface area is 458 Å². The maximum Gasteiger partial charge on any atom is 0.329 e. The number of aliphatic hydroxyl groups excluding tert-OH is 3. The van der Waals surface area contributed by atoms with Crippen molar-refractivity contribution in [2.45, 2.75) is 167 Å². The van der Waals surface area contributed by atoms with Crippen LogP contribution in [-0.4, -0.2) is 164 Å². The number of benzene rings is 2. The van der Waals surface area contributed by atoms with Crippen molar-refractivity contribution in [2.75, 3.05) is 27.3 Å². The highest BCUT2D eigenvalue weighted by molar-refractivity contribution is 5.95. The second-order valence-electron chi connectivity index (χ2n) is 21.1. The number of amides is 7. The van der Waals surface area contributed by atoms with Gasteiger partial charge in [-0.1, -0.05) is 110 Å². The third-order valence-electron chi connectivity index (χ3n) is 13.5. The number of nitrogens with one attached hydrogen (secondary N) is 5. The molecule has 1 aliphatic rings. The van der Waals surface area contributed by atoms with E-state index in [4.69, 9.17) is 4.74 Å². The van der Waals surface area contributed by atoms with Crippen molar-refractivity contribution >= 4 is 47.3 Å². The second-order valence-corrected chi connectivity index (χ2v) is 21.1. The second kappa shape index (κ2) is 32.8. The molecule has 78 heavy (non-hydrogen) atoms. The fourth-order valence-corrected chi connectivity index (χ4v) is 8.80. The number of carbonyl (C=O) groups is 8. The number of ether oxygens (including phenoxy) is 1. The molecular formula is C57H85N7O14. The SMILES string of the molecule is CCCCCCC=CCC(=O)NC(Cc1ccc(O)cc1)C(O)CC(=O)NC(C(=O)NC(CO)C(O)CC(=O)NC(C(=O)NC1C=CC(=O)N(C)C(C(C)C)C(=O)N(C)C(Cc2ccc(O)cc2)C(=O)OC1)C(C)C)C(C)C. The Hall–Kier alpha value is -6.84. The molecule has 0 saturated carbocycles. The first kappa shape index (κ1) is 65.4. The average molecular weight is 1090 g/mol. The van der Waals surface area contributed by atoms with E-state index in [0.29, 0.717) is 11.1 Å². The first-order chi connectivity index (χ1) is 36.9. The molecule has 9 unspecified atom stereocenters. The van der Waals surface area contributed by atoms with E-state index in [1.165, 1.54) is 54.2 Å². The van der Waals surface area contributed by atoms with Gasteiger partial charge in [0.05, 0.1) is 49.8 Å². The molecule has 0 spiro atoms. The molecule has 0 bridgehead atoms. The number of rotatable bonds is 28. The van der Waals surface area contributed by atoms with E-state index in [2.05, 4.69) is 33.5 Å². The van der Waals surface area contributed by atoms with Crippen LogP contribution >= 0.6 is 0 Å². The lowest BCUT2D eigenvalue weighted by Crippen LogP contribution is -2.57. The Morgan fingerprint density at radius 1 is 0.692 bits per heavy atom. The highest BCUT2D eigenvalue weighted by atomic mass is 16.5. The van der Waals surface area contributed by atoms with Crippen LogP contribution in [0, 0.1) is 17.8 Å². The fourth-order valence-electron chi connectivity index (χ4n) is 8.80. The molecule has 0 aromatic heterocycles. The number of aliphatic hydroxyl groups is 3. The molecule has 1 aliphatic heterocycles. The topological polar surface area (TPSA) is 314 Å². The van der Waals surface area contributed by atoms with Gasteiger partial charge in [-0.25, -0.2) is 4.79 Å². The quantitative estimate of drug-likeness (QED) is 0.0333. The van der Waals surface area contributed by atoms with Crippen molar-refractivity contribution in [3.05, 3.63) is 84.0 Å². The molecule has 432 valence electrons. The molecule has 1 heterocycles.